The summed E-state index contributed by atoms with van der Waals surface area (Å²) in [7, 11) is 0. The minimum Gasteiger partial charge on any atom is -0.460 e. The Morgan fingerprint density at radius 3 is 2.00 bits per heavy atom. The maximum atomic E-state index is 11.0. The van der Waals surface area contributed by atoms with Gasteiger partial charge in [0.25, 0.3) is 3.79 Å². The van der Waals surface area contributed by atoms with Crippen LogP contribution in [-0.2, 0) is 23.8 Å². The van der Waals surface area contributed by atoms with Crippen molar-refractivity contribution in [3.8, 4) is 0 Å². The average molecular weight is 320 g/mol. The Kier molecular flexibility index (Phi) is 8.35. The van der Waals surface area contributed by atoms with Gasteiger partial charge < -0.3 is 14.2 Å². The zero-order chi connectivity index (χ0) is 14.2. The zero-order valence-electron chi connectivity index (χ0n) is 9.71. The van der Waals surface area contributed by atoms with Crippen molar-refractivity contribution in [3.63, 3.8) is 0 Å². The summed E-state index contributed by atoms with van der Waals surface area (Å²) in [6, 6.07) is 0. The third-order valence-corrected chi connectivity index (χ3v) is 1.96. The summed E-state index contributed by atoms with van der Waals surface area (Å²) in [6.07, 6.45) is 0. The molecule has 0 aromatic heterocycles. The van der Waals surface area contributed by atoms with Gasteiger partial charge in [0, 0.05) is 5.57 Å². The molecule has 0 atom stereocenters. The van der Waals surface area contributed by atoms with E-state index in [2.05, 4.69) is 11.3 Å². The van der Waals surface area contributed by atoms with E-state index in [9.17, 15) is 9.59 Å². The summed E-state index contributed by atoms with van der Waals surface area (Å²) in [5.74, 6) is -1.45. The van der Waals surface area contributed by atoms with Gasteiger partial charge in [0.15, 0.2) is 0 Å². The Hall–Kier alpha value is -0.490. The highest BCUT2D eigenvalue weighted by Crippen LogP contribution is 2.27. The quantitative estimate of drug-likeness (QED) is 0.311. The number of hydrogen-bond acceptors (Lipinski definition) is 5. The Bertz CT molecular complexity index is 311. The van der Waals surface area contributed by atoms with Crippen LogP contribution in [-0.4, -0.2) is 42.2 Å². The normalized spacial score (nSPS) is 10.9. The molecule has 0 heterocycles. The van der Waals surface area contributed by atoms with Crippen LogP contribution in [0.5, 0.6) is 0 Å². The molecular formula is C10H13Cl3O5. The molecule has 0 fully saturated rings. The standard InChI is InChI=1S/C10H13Cl3O5/c1-7(2)8(14)17-5-3-16-4-6-18-9(15)10(11,12)13/h1,3-6H2,2H3. The molecule has 104 valence electrons. The van der Waals surface area contributed by atoms with Gasteiger partial charge in [-0.2, -0.15) is 0 Å². The highest BCUT2D eigenvalue weighted by atomic mass is 35.6. The topological polar surface area (TPSA) is 61.8 Å². The minimum absolute atomic E-state index is 0.0544. The molecule has 0 radical (unpaired) electrons. The van der Waals surface area contributed by atoms with E-state index in [1.807, 2.05) is 0 Å². The van der Waals surface area contributed by atoms with Crippen molar-refractivity contribution in [2.24, 2.45) is 0 Å². The molecule has 0 aliphatic rings. The van der Waals surface area contributed by atoms with Crippen molar-refractivity contribution >= 4 is 46.7 Å². The van der Waals surface area contributed by atoms with Crippen molar-refractivity contribution in [1.82, 2.24) is 0 Å². The number of carbonyl (C=O) groups excluding carboxylic acids is 2. The maximum absolute atomic E-state index is 11.0. The first kappa shape index (κ1) is 17.5. The Morgan fingerprint density at radius 2 is 1.56 bits per heavy atom. The summed E-state index contributed by atoms with van der Waals surface area (Å²) < 4.78 is 12.3. The van der Waals surface area contributed by atoms with E-state index < -0.39 is 15.7 Å². The Labute approximate surface area is 120 Å². The fourth-order valence-electron chi connectivity index (χ4n) is 0.694. The molecule has 0 aliphatic heterocycles. The Morgan fingerprint density at radius 1 is 1.06 bits per heavy atom. The van der Waals surface area contributed by atoms with Gasteiger partial charge in [-0.1, -0.05) is 41.4 Å². The third-order valence-electron chi connectivity index (χ3n) is 1.50. The number of carbonyl (C=O) groups is 2. The number of halogens is 3. The van der Waals surface area contributed by atoms with E-state index in [0.717, 1.165) is 0 Å². The molecule has 18 heavy (non-hydrogen) atoms. The number of esters is 2. The number of rotatable bonds is 7. The lowest BCUT2D eigenvalue weighted by Gasteiger charge is -2.10. The molecule has 0 unspecified atom stereocenters. The molecule has 0 spiro atoms. The highest BCUT2D eigenvalue weighted by molar-refractivity contribution is 6.75. The van der Waals surface area contributed by atoms with E-state index >= 15 is 0 Å². The van der Waals surface area contributed by atoms with Crippen molar-refractivity contribution in [3.05, 3.63) is 12.2 Å². The Balaban J connectivity index is 3.45. The van der Waals surface area contributed by atoms with Crippen LogP contribution in [0.4, 0.5) is 0 Å². The lowest BCUT2D eigenvalue weighted by Crippen LogP contribution is -2.24. The first-order valence-corrected chi connectivity index (χ1v) is 6.03. The van der Waals surface area contributed by atoms with E-state index in [1.54, 1.807) is 6.92 Å². The molecule has 0 saturated heterocycles. The van der Waals surface area contributed by atoms with Crippen LogP contribution in [0.3, 0.4) is 0 Å². The smallest absolute Gasteiger partial charge is 0.358 e. The predicted molar refractivity (Wildman–Crippen MR) is 67.8 cm³/mol. The third kappa shape index (κ3) is 8.58. The molecule has 5 nitrogen and oxygen atoms in total. The van der Waals surface area contributed by atoms with Gasteiger partial charge in [0.2, 0.25) is 0 Å². The summed E-state index contributed by atoms with van der Waals surface area (Å²) >= 11 is 15.8. The lowest BCUT2D eigenvalue weighted by atomic mass is 10.4. The first-order valence-electron chi connectivity index (χ1n) is 4.89. The second-order valence-corrected chi connectivity index (χ2v) is 5.44. The lowest BCUT2D eigenvalue weighted by molar-refractivity contribution is -0.144. The second-order valence-electron chi connectivity index (χ2n) is 3.16. The van der Waals surface area contributed by atoms with Crippen LogP contribution in [0, 0.1) is 0 Å². The minimum atomic E-state index is -2.09. The molecule has 0 aliphatic carbocycles. The fourth-order valence-corrected chi connectivity index (χ4v) is 0.857. The number of hydrogen-bond donors (Lipinski definition) is 0. The summed E-state index contributed by atoms with van der Waals surface area (Å²) in [5.41, 5.74) is 0.312. The summed E-state index contributed by atoms with van der Waals surface area (Å²) in [6.45, 7) is 5.27. The van der Waals surface area contributed by atoms with Gasteiger partial charge in [-0.3, -0.25) is 0 Å². The number of alkyl halides is 3. The van der Waals surface area contributed by atoms with Gasteiger partial charge >= 0.3 is 11.9 Å². The van der Waals surface area contributed by atoms with Crippen molar-refractivity contribution in [2.45, 2.75) is 10.7 Å². The maximum Gasteiger partial charge on any atom is 0.358 e. The highest BCUT2D eigenvalue weighted by Gasteiger charge is 2.32. The van der Waals surface area contributed by atoms with Crippen LogP contribution in [0.2, 0.25) is 0 Å². The monoisotopic (exact) mass is 318 g/mol. The van der Waals surface area contributed by atoms with Crippen molar-refractivity contribution in [2.75, 3.05) is 26.4 Å². The summed E-state index contributed by atoms with van der Waals surface area (Å²) in [5, 5.41) is 0. The fraction of sp³-hybridized carbons (Fsp3) is 0.600. The molecule has 0 aromatic carbocycles. The molecule has 8 heteroatoms. The molecule has 0 bridgehead atoms. The average Bonchev–Trinajstić information content (AvgIpc) is 2.25. The van der Waals surface area contributed by atoms with Gasteiger partial charge in [0.05, 0.1) is 13.2 Å². The van der Waals surface area contributed by atoms with Crippen molar-refractivity contribution in [1.29, 1.82) is 0 Å². The summed E-state index contributed by atoms with van der Waals surface area (Å²) in [4.78, 5) is 21.9. The van der Waals surface area contributed by atoms with Gasteiger partial charge in [0.1, 0.15) is 13.2 Å². The van der Waals surface area contributed by atoms with E-state index in [-0.39, 0.29) is 26.4 Å². The zero-order valence-corrected chi connectivity index (χ0v) is 12.0. The van der Waals surface area contributed by atoms with Crippen LogP contribution in [0.1, 0.15) is 6.92 Å². The molecule has 0 aromatic rings. The van der Waals surface area contributed by atoms with E-state index in [1.165, 1.54) is 0 Å². The largest absolute Gasteiger partial charge is 0.460 e. The van der Waals surface area contributed by atoms with E-state index in [0.29, 0.717) is 5.57 Å². The first-order chi connectivity index (χ1) is 8.25. The molecule has 0 rings (SSSR count). The van der Waals surface area contributed by atoms with Crippen molar-refractivity contribution < 1.29 is 23.8 Å². The van der Waals surface area contributed by atoms with Gasteiger partial charge in [-0.15, -0.1) is 0 Å². The molecular weight excluding hydrogens is 306 g/mol. The van der Waals surface area contributed by atoms with E-state index in [4.69, 9.17) is 44.3 Å². The molecule has 0 amide bonds. The number of ether oxygens (including phenoxy) is 3. The van der Waals surface area contributed by atoms with Gasteiger partial charge in [-0.05, 0) is 6.92 Å². The second kappa shape index (κ2) is 8.58. The van der Waals surface area contributed by atoms with Crippen LogP contribution >= 0.6 is 34.8 Å². The molecule has 0 N–H and O–H groups in total. The van der Waals surface area contributed by atoms with Crippen LogP contribution < -0.4 is 0 Å². The van der Waals surface area contributed by atoms with Crippen LogP contribution in [0.25, 0.3) is 0 Å². The van der Waals surface area contributed by atoms with Gasteiger partial charge in [-0.25, -0.2) is 9.59 Å². The SMILES string of the molecule is C=C(C)C(=O)OCCOCCOC(=O)C(Cl)(Cl)Cl. The van der Waals surface area contributed by atoms with Crippen LogP contribution in [0.15, 0.2) is 12.2 Å². The predicted octanol–water partition coefficient (Wildman–Crippen LogP) is 2.04. The molecule has 0 saturated carbocycles.